The number of unbranched alkanes of at least 4 members (excludes halogenated alkanes) is 26. The van der Waals surface area contributed by atoms with Crippen molar-refractivity contribution in [3.8, 4) is 0 Å². The van der Waals surface area contributed by atoms with Crippen LogP contribution in [-0.2, 0) is 0 Å². The molecule has 0 radical (unpaired) electrons. The maximum Gasteiger partial charge on any atom is 0.0431 e. The molecule has 0 heterocycles. The summed E-state index contributed by atoms with van der Waals surface area (Å²) in [7, 11) is 0. The first-order chi connectivity index (χ1) is 17.8. The Kier molecular flexibility index (Phi) is 41.5. The zero-order valence-electron chi connectivity index (χ0n) is 24.4. The summed E-state index contributed by atoms with van der Waals surface area (Å²) in [6.45, 7) is 1.44. The first kappa shape index (κ1) is 38.0. The van der Waals surface area contributed by atoms with Gasteiger partial charge in [-0.15, -0.1) is 0 Å². The van der Waals surface area contributed by atoms with Crippen LogP contribution in [0.3, 0.4) is 0 Å². The van der Waals surface area contributed by atoms with E-state index in [0.29, 0.717) is 26.4 Å². The topological polar surface area (TPSA) is 80.9 Å². The SMILES string of the molecule is OCCCCCCCCCCCCCCCCCCO.OCCCCCCCCCCCCCCO. The highest BCUT2D eigenvalue weighted by Crippen LogP contribution is 2.14. The molecule has 0 aromatic carbocycles. The van der Waals surface area contributed by atoms with Crippen LogP contribution in [0, 0.1) is 0 Å². The summed E-state index contributed by atoms with van der Waals surface area (Å²) in [4.78, 5) is 0. The third kappa shape index (κ3) is 41.0. The third-order valence-electron chi connectivity index (χ3n) is 7.13. The highest BCUT2D eigenvalue weighted by Gasteiger charge is 1.95. The molecule has 0 aliphatic heterocycles. The number of hydrogen-bond acceptors (Lipinski definition) is 4. The van der Waals surface area contributed by atoms with Gasteiger partial charge in [0.1, 0.15) is 0 Å². The number of hydrogen-bond donors (Lipinski definition) is 4. The minimum atomic E-state index is 0.355. The van der Waals surface area contributed by atoms with Crippen LogP contribution in [-0.4, -0.2) is 46.9 Å². The van der Waals surface area contributed by atoms with E-state index in [2.05, 4.69) is 0 Å². The van der Waals surface area contributed by atoms with E-state index in [1.165, 1.54) is 154 Å². The lowest BCUT2D eigenvalue weighted by Crippen LogP contribution is -1.85. The van der Waals surface area contributed by atoms with Gasteiger partial charge in [-0.2, -0.15) is 0 Å². The normalized spacial score (nSPS) is 11.0. The lowest BCUT2D eigenvalue weighted by Gasteiger charge is -2.03. The van der Waals surface area contributed by atoms with Crippen molar-refractivity contribution in [2.24, 2.45) is 0 Å². The minimum Gasteiger partial charge on any atom is -0.396 e. The van der Waals surface area contributed by atoms with Crippen molar-refractivity contribution in [3.63, 3.8) is 0 Å². The number of aliphatic hydroxyl groups excluding tert-OH is 4. The Morgan fingerprint density at radius 1 is 0.139 bits per heavy atom. The standard InChI is InChI=1S/C18H38O2.C14H30O2/c19-17-15-13-11-9-7-5-3-1-2-4-6-8-10-12-14-16-18-20;15-13-11-9-7-5-3-1-2-4-6-8-10-12-14-16/h19-20H,1-18H2;15-16H,1-14H2. The smallest absolute Gasteiger partial charge is 0.0431 e. The van der Waals surface area contributed by atoms with Crippen molar-refractivity contribution in [2.75, 3.05) is 26.4 Å². The summed E-state index contributed by atoms with van der Waals surface area (Å²) in [5.74, 6) is 0. The summed E-state index contributed by atoms with van der Waals surface area (Å²) >= 11 is 0. The van der Waals surface area contributed by atoms with Gasteiger partial charge in [0.2, 0.25) is 0 Å². The molecule has 0 aliphatic rings. The molecule has 0 amide bonds. The second-order valence-electron chi connectivity index (χ2n) is 10.8. The van der Waals surface area contributed by atoms with Crippen molar-refractivity contribution in [3.05, 3.63) is 0 Å². The molecule has 4 nitrogen and oxygen atoms in total. The van der Waals surface area contributed by atoms with Crippen LogP contribution >= 0.6 is 0 Å². The molecule has 0 saturated heterocycles. The maximum atomic E-state index is 8.67. The van der Waals surface area contributed by atoms with Gasteiger partial charge in [-0.3, -0.25) is 0 Å². The van der Waals surface area contributed by atoms with Gasteiger partial charge in [0.15, 0.2) is 0 Å². The molecular formula is C32H68O4. The third-order valence-corrected chi connectivity index (χ3v) is 7.13. The van der Waals surface area contributed by atoms with Gasteiger partial charge in [0.05, 0.1) is 0 Å². The van der Waals surface area contributed by atoms with Crippen molar-refractivity contribution in [1.82, 2.24) is 0 Å². The zero-order valence-corrected chi connectivity index (χ0v) is 24.4. The molecule has 0 fully saturated rings. The molecule has 0 bridgehead atoms. The van der Waals surface area contributed by atoms with Crippen LogP contribution in [0.2, 0.25) is 0 Å². The van der Waals surface area contributed by atoms with Crippen molar-refractivity contribution < 1.29 is 20.4 Å². The van der Waals surface area contributed by atoms with E-state index in [9.17, 15) is 0 Å². The lowest BCUT2D eigenvalue weighted by molar-refractivity contribution is 0.281. The Morgan fingerprint density at radius 2 is 0.222 bits per heavy atom. The summed E-state index contributed by atoms with van der Waals surface area (Å²) < 4.78 is 0. The van der Waals surface area contributed by atoms with Gasteiger partial charge in [-0.25, -0.2) is 0 Å². The molecule has 0 aromatic heterocycles. The lowest BCUT2D eigenvalue weighted by atomic mass is 10.0. The predicted octanol–water partition coefficient (Wildman–Crippen LogP) is 8.86. The van der Waals surface area contributed by atoms with E-state index in [0.717, 1.165) is 25.7 Å². The van der Waals surface area contributed by atoms with Crippen LogP contribution in [0.15, 0.2) is 0 Å². The molecule has 0 aromatic rings. The molecule has 4 N–H and O–H groups in total. The number of rotatable bonds is 30. The summed E-state index contributed by atoms with van der Waals surface area (Å²) in [6, 6.07) is 0. The first-order valence-corrected chi connectivity index (χ1v) is 16.3. The Balaban J connectivity index is 0. The highest BCUT2D eigenvalue weighted by atomic mass is 16.3. The Labute approximate surface area is 226 Å². The maximum absolute atomic E-state index is 8.67. The fraction of sp³-hybridized carbons (Fsp3) is 1.00. The molecular weight excluding hydrogens is 448 g/mol. The van der Waals surface area contributed by atoms with Crippen molar-refractivity contribution in [2.45, 2.75) is 180 Å². The Bertz CT molecular complexity index is 306. The number of aliphatic hydroxyl groups is 4. The minimum absolute atomic E-state index is 0.355. The molecule has 0 aliphatic carbocycles. The average molecular weight is 517 g/mol. The van der Waals surface area contributed by atoms with Crippen molar-refractivity contribution >= 4 is 0 Å². The molecule has 4 heteroatoms. The largest absolute Gasteiger partial charge is 0.396 e. The fourth-order valence-electron chi connectivity index (χ4n) is 4.69. The summed E-state index contributed by atoms with van der Waals surface area (Å²) in [5, 5.41) is 34.6. The van der Waals surface area contributed by atoms with E-state index in [1.807, 2.05) is 0 Å². The zero-order chi connectivity index (χ0) is 26.6. The van der Waals surface area contributed by atoms with Gasteiger partial charge in [-0.05, 0) is 25.7 Å². The molecule has 0 rings (SSSR count). The van der Waals surface area contributed by atoms with E-state index >= 15 is 0 Å². The summed E-state index contributed by atoms with van der Waals surface area (Å²) in [6.07, 6.45) is 36.0. The molecule has 0 saturated carbocycles. The first-order valence-electron chi connectivity index (χ1n) is 16.3. The van der Waals surface area contributed by atoms with Gasteiger partial charge < -0.3 is 20.4 Å². The Hall–Kier alpha value is -0.160. The van der Waals surface area contributed by atoms with Gasteiger partial charge in [-0.1, -0.05) is 154 Å². The average Bonchev–Trinajstić information content (AvgIpc) is 2.89. The van der Waals surface area contributed by atoms with Crippen LogP contribution in [0.25, 0.3) is 0 Å². The summed E-state index contributed by atoms with van der Waals surface area (Å²) in [5.41, 5.74) is 0. The van der Waals surface area contributed by atoms with Gasteiger partial charge in [0, 0.05) is 26.4 Å². The van der Waals surface area contributed by atoms with E-state index < -0.39 is 0 Å². The van der Waals surface area contributed by atoms with Crippen LogP contribution in [0.5, 0.6) is 0 Å². The highest BCUT2D eigenvalue weighted by molar-refractivity contribution is 4.50. The van der Waals surface area contributed by atoms with Crippen molar-refractivity contribution in [1.29, 1.82) is 0 Å². The quantitative estimate of drug-likeness (QED) is 0.0719. The van der Waals surface area contributed by atoms with Gasteiger partial charge in [0.25, 0.3) is 0 Å². The molecule has 220 valence electrons. The van der Waals surface area contributed by atoms with E-state index in [-0.39, 0.29) is 0 Å². The van der Waals surface area contributed by atoms with Crippen LogP contribution in [0.1, 0.15) is 180 Å². The van der Waals surface area contributed by atoms with Gasteiger partial charge >= 0.3 is 0 Å². The predicted molar refractivity (Wildman–Crippen MR) is 158 cm³/mol. The molecule has 0 spiro atoms. The molecule has 0 atom stereocenters. The molecule has 36 heavy (non-hydrogen) atoms. The second kappa shape index (κ2) is 39.4. The van der Waals surface area contributed by atoms with Crippen LogP contribution in [0.4, 0.5) is 0 Å². The van der Waals surface area contributed by atoms with Crippen LogP contribution < -0.4 is 0 Å². The fourth-order valence-corrected chi connectivity index (χ4v) is 4.69. The second-order valence-corrected chi connectivity index (χ2v) is 10.8. The Morgan fingerprint density at radius 3 is 0.306 bits per heavy atom. The van der Waals surface area contributed by atoms with E-state index in [4.69, 9.17) is 20.4 Å². The van der Waals surface area contributed by atoms with E-state index in [1.54, 1.807) is 0 Å². The monoisotopic (exact) mass is 517 g/mol. The molecule has 0 unspecified atom stereocenters.